The zero-order valence-electron chi connectivity index (χ0n) is 15.3. The van der Waals surface area contributed by atoms with Gasteiger partial charge in [0.25, 0.3) is 0 Å². The molecule has 1 rings (SSSR count). The molecule has 1 fully saturated rings. The molecule has 1 saturated heterocycles. The minimum absolute atomic E-state index is 0. The summed E-state index contributed by atoms with van der Waals surface area (Å²) in [4.78, 5) is 15.5. The van der Waals surface area contributed by atoms with Gasteiger partial charge in [-0.25, -0.2) is 17.5 Å². The van der Waals surface area contributed by atoms with E-state index in [-0.39, 0.29) is 29.7 Å². The van der Waals surface area contributed by atoms with Crippen LogP contribution < -0.4 is 16.0 Å². The average Bonchev–Trinajstić information content (AvgIpc) is 2.78. The van der Waals surface area contributed by atoms with Gasteiger partial charge in [0, 0.05) is 39.8 Å². The van der Waals surface area contributed by atoms with Crippen molar-refractivity contribution in [3.8, 4) is 0 Å². The number of nitrogens with one attached hydrogen (secondary N) is 3. The first kappa shape index (κ1) is 24.2. The molecule has 1 amide bonds. The Hall–Kier alpha value is -0.820. The number of carbonyl (C=O) groups excluding carboxylic acids is 1. The summed E-state index contributed by atoms with van der Waals surface area (Å²) >= 11 is 0. The van der Waals surface area contributed by atoms with Gasteiger partial charge in [0.15, 0.2) is 5.96 Å². The van der Waals surface area contributed by atoms with Gasteiger partial charge in [0.05, 0.1) is 5.75 Å². The van der Waals surface area contributed by atoms with E-state index in [2.05, 4.69) is 20.9 Å². The normalized spacial score (nSPS) is 17.5. The fourth-order valence-corrected chi connectivity index (χ4v) is 3.65. The van der Waals surface area contributed by atoms with Gasteiger partial charge in [0.1, 0.15) is 5.60 Å². The lowest BCUT2D eigenvalue weighted by Gasteiger charge is -2.20. The summed E-state index contributed by atoms with van der Waals surface area (Å²) in [6.45, 7) is 7.73. The monoisotopic (exact) mass is 491 g/mol. The van der Waals surface area contributed by atoms with Crippen molar-refractivity contribution in [1.82, 2.24) is 20.3 Å². The number of guanidine groups is 1. The summed E-state index contributed by atoms with van der Waals surface area (Å²) in [6.07, 6.45) is 0.220. The molecule has 0 bridgehead atoms. The topological polar surface area (TPSA) is 112 Å². The molecule has 9 nitrogen and oxygen atoms in total. The van der Waals surface area contributed by atoms with Crippen LogP contribution in [-0.4, -0.2) is 75.9 Å². The molecule has 0 saturated carbocycles. The molecule has 0 atom stereocenters. The maximum Gasteiger partial charge on any atom is 0.407 e. The number of carbonyl (C=O) groups is 1. The molecule has 3 N–H and O–H groups in total. The predicted octanol–water partition coefficient (Wildman–Crippen LogP) is 0.330. The molecule has 1 aliphatic rings. The molecule has 25 heavy (non-hydrogen) atoms. The van der Waals surface area contributed by atoms with E-state index in [0.29, 0.717) is 45.1 Å². The van der Waals surface area contributed by atoms with E-state index in [0.717, 1.165) is 0 Å². The van der Waals surface area contributed by atoms with Crippen LogP contribution in [0.15, 0.2) is 4.99 Å². The second-order valence-electron chi connectivity index (χ2n) is 6.42. The van der Waals surface area contributed by atoms with E-state index in [1.165, 1.54) is 4.31 Å². The van der Waals surface area contributed by atoms with Crippen molar-refractivity contribution in [1.29, 1.82) is 0 Å². The quantitative estimate of drug-likeness (QED) is 0.214. The lowest BCUT2D eigenvalue weighted by molar-refractivity contribution is 0.0529. The number of ether oxygens (including phenoxy) is 1. The van der Waals surface area contributed by atoms with Crippen LogP contribution in [0.2, 0.25) is 0 Å². The first-order chi connectivity index (χ1) is 11.1. The van der Waals surface area contributed by atoms with Crippen LogP contribution in [-0.2, 0) is 14.8 Å². The van der Waals surface area contributed by atoms with Crippen molar-refractivity contribution in [2.75, 3.05) is 45.5 Å². The van der Waals surface area contributed by atoms with Crippen LogP contribution in [0.5, 0.6) is 0 Å². The molecule has 0 aliphatic carbocycles. The minimum atomic E-state index is -3.07. The van der Waals surface area contributed by atoms with Crippen LogP contribution >= 0.6 is 24.0 Å². The Kier molecular flexibility index (Phi) is 10.7. The summed E-state index contributed by atoms with van der Waals surface area (Å²) < 4.78 is 30.0. The summed E-state index contributed by atoms with van der Waals surface area (Å²) in [6, 6.07) is 0. The highest BCUT2D eigenvalue weighted by Gasteiger charge is 2.27. The second kappa shape index (κ2) is 11.0. The molecule has 0 unspecified atom stereocenters. The standard InChI is InChI=1S/C14H29N5O4S.HI/c1-14(2,3)23-13(20)18-7-6-16-12(15-4)17-8-10-19-9-5-11-24(19,21)22;/h5-11H2,1-4H3,(H,18,20)(H2,15,16,17);1H. The highest BCUT2D eigenvalue weighted by Crippen LogP contribution is 2.11. The number of rotatable bonds is 6. The number of aliphatic imine (C=N–C) groups is 1. The summed E-state index contributed by atoms with van der Waals surface area (Å²) in [5, 5.41) is 8.72. The van der Waals surface area contributed by atoms with Crippen molar-refractivity contribution < 1.29 is 17.9 Å². The number of sulfonamides is 1. The third-order valence-corrected chi connectivity index (χ3v) is 5.12. The molecule has 0 aromatic heterocycles. The van der Waals surface area contributed by atoms with Gasteiger partial charge in [-0.2, -0.15) is 0 Å². The Bertz CT molecular complexity index is 548. The van der Waals surface area contributed by atoms with Crippen LogP contribution in [0.1, 0.15) is 27.2 Å². The highest BCUT2D eigenvalue weighted by molar-refractivity contribution is 14.0. The molecular weight excluding hydrogens is 461 g/mol. The van der Waals surface area contributed by atoms with Gasteiger partial charge in [-0.3, -0.25) is 4.99 Å². The molecule has 0 aromatic rings. The van der Waals surface area contributed by atoms with E-state index in [1.807, 2.05) is 0 Å². The van der Waals surface area contributed by atoms with E-state index in [4.69, 9.17) is 4.74 Å². The number of hydrogen-bond acceptors (Lipinski definition) is 5. The summed E-state index contributed by atoms with van der Waals surface area (Å²) in [7, 11) is -1.44. The van der Waals surface area contributed by atoms with Crippen LogP contribution in [0.4, 0.5) is 4.79 Å². The summed E-state index contributed by atoms with van der Waals surface area (Å²) in [5.41, 5.74) is -0.523. The number of amides is 1. The average molecular weight is 491 g/mol. The van der Waals surface area contributed by atoms with Crippen molar-refractivity contribution >= 4 is 46.1 Å². The molecule has 1 heterocycles. The molecule has 1 aliphatic heterocycles. The van der Waals surface area contributed by atoms with Gasteiger partial charge in [-0.1, -0.05) is 0 Å². The van der Waals surface area contributed by atoms with Gasteiger partial charge in [-0.15, -0.1) is 24.0 Å². The van der Waals surface area contributed by atoms with Crippen molar-refractivity contribution in [3.05, 3.63) is 0 Å². The number of halogens is 1. The lowest BCUT2D eigenvalue weighted by Crippen LogP contribution is -2.44. The van der Waals surface area contributed by atoms with Crippen molar-refractivity contribution in [2.45, 2.75) is 32.8 Å². The van der Waals surface area contributed by atoms with E-state index in [9.17, 15) is 13.2 Å². The first-order valence-electron chi connectivity index (χ1n) is 8.03. The Morgan fingerprint density at radius 3 is 2.28 bits per heavy atom. The zero-order valence-corrected chi connectivity index (χ0v) is 18.4. The number of alkyl carbamates (subject to hydrolysis) is 1. The third-order valence-electron chi connectivity index (χ3n) is 3.17. The Morgan fingerprint density at radius 1 is 1.16 bits per heavy atom. The molecule has 11 heteroatoms. The minimum Gasteiger partial charge on any atom is -0.444 e. The van der Waals surface area contributed by atoms with Crippen LogP contribution in [0, 0.1) is 0 Å². The largest absolute Gasteiger partial charge is 0.444 e. The Morgan fingerprint density at radius 2 is 1.76 bits per heavy atom. The fourth-order valence-electron chi connectivity index (χ4n) is 2.12. The Labute approximate surface area is 167 Å². The lowest BCUT2D eigenvalue weighted by atomic mass is 10.2. The molecule has 148 valence electrons. The SMILES string of the molecule is CN=C(NCCNC(=O)OC(C)(C)C)NCCN1CCCS1(=O)=O.I. The van der Waals surface area contributed by atoms with E-state index in [1.54, 1.807) is 27.8 Å². The van der Waals surface area contributed by atoms with Gasteiger partial charge < -0.3 is 20.7 Å². The van der Waals surface area contributed by atoms with Crippen molar-refractivity contribution in [3.63, 3.8) is 0 Å². The Balaban J connectivity index is 0.00000576. The smallest absolute Gasteiger partial charge is 0.407 e. The van der Waals surface area contributed by atoms with E-state index >= 15 is 0 Å². The van der Waals surface area contributed by atoms with Gasteiger partial charge in [-0.05, 0) is 27.2 Å². The van der Waals surface area contributed by atoms with Crippen LogP contribution in [0.3, 0.4) is 0 Å². The number of hydrogen-bond donors (Lipinski definition) is 3. The molecule has 0 aromatic carbocycles. The zero-order chi connectivity index (χ0) is 18.2. The number of nitrogens with zero attached hydrogens (tertiary/aromatic N) is 2. The first-order valence-corrected chi connectivity index (χ1v) is 9.64. The van der Waals surface area contributed by atoms with Gasteiger partial charge in [0.2, 0.25) is 10.0 Å². The second-order valence-corrected chi connectivity index (χ2v) is 8.51. The van der Waals surface area contributed by atoms with Crippen molar-refractivity contribution in [2.24, 2.45) is 4.99 Å². The maximum absolute atomic E-state index is 11.7. The molecule has 0 radical (unpaired) electrons. The predicted molar refractivity (Wildman–Crippen MR) is 109 cm³/mol. The van der Waals surface area contributed by atoms with Gasteiger partial charge >= 0.3 is 6.09 Å². The fraction of sp³-hybridized carbons (Fsp3) is 0.857. The third kappa shape index (κ3) is 10.0. The maximum atomic E-state index is 11.7. The van der Waals surface area contributed by atoms with E-state index < -0.39 is 21.7 Å². The molecular formula is C14H30IN5O4S. The highest BCUT2D eigenvalue weighted by atomic mass is 127. The summed E-state index contributed by atoms with van der Waals surface area (Å²) in [5.74, 6) is 0.786. The molecule has 0 spiro atoms. The van der Waals surface area contributed by atoms with Crippen LogP contribution in [0.25, 0.3) is 0 Å².